The lowest BCUT2D eigenvalue weighted by Crippen LogP contribution is -2.41. The zero-order valence-electron chi connectivity index (χ0n) is 18.6. The third-order valence-corrected chi connectivity index (χ3v) is 10.3. The summed E-state index contributed by atoms with van der Waals surface area (Å²) in [6.45, 7) is 2.80. The van der Waals surface area contributed by atoms with Gasteiger partial charge in [-0.3, -0.25) is 14.4 Å². The molecule has 0 spiro atoms. The number of carbonyl (C=O) groups is 4. The summed E-state index contributed by atoms with van der Waals surface area (Å²) < 4.78 is 60.9. The first kappa shape index (κ1) is 27.7. The first-order valence-electron chi connectivity index (χ1n) is 10.00. The van der Waals surface area contributed by atoms with Gasteiger partial charge in [-0.1, -0.05) is 6.92 Å². The summed E-state index contributed by atoms with van der Waals surface area (Å²) in [5, 5.41) is 4.50. The smallest absolute Gasteiger partial charge is 0.344 e. The predicted octanol–water partition coefficient (Wildman–Crippen LogP) is -1.01. The first-order valence-corrected chi connectivity index (χ1v) is 13.8. The highest BCUT2D eigenvalue weighted by atomic mass is 32.3. The summed E-state index contributed by atoms with van der Waals surface area (Å²) in [5.74, 6) is -3.69. The number of amides is 2. The Balaban J connectivity index is 1.99. The molecule has 16 heteroatoms. The van der Waals surface area contributed by atoms with Crippen LogP contribution in [0.5, 0.6) is 0 Å². The molecule has 0 aliphatic carbocycles. The molecule has 2 amide bonds. The molecule has 1 aliphatic heterocycles. The Labute approximate surface area is 200 Å². The Morgan fingerprint density at radius 1 is 1.15 bits per heavy atom. The van der Waals surface area contributed by atoms with E-state index in [0.29, 0.717) is 23.4 Å². The minimum atomic E-state index is -4.41. The van der Waals surface area contributed by atoms with Crippen molar-refractivity contribution in [3.8, 4) is 0 Å². The fourth-order valence-electron chi connectivity index (χ4n) is 2.99. The molecule has 0 aromatic carbocycles. The first-order chi connectivity index (χ1) is 15.8. The van der Waals surface area contributed by atoms with Gasteiger partial charge >= 0.3 is 11.9 Å². The number of hydrogen-bond acceptors (Lipinski definition) is 12. The van der Waals surface area contributed by atoms with Crippen LogP contribution in [-0.2, 0) is 48.5 Å². The quantitative estimate of drug-likeness (QED) is 0.309. The molecule has 2 rings (SSSR count). The molecule has 0 saturated carbocycles. The second-order valence-electron chi connectivity index (χ2n) is 7.26. The third kappa shape index (κ3) is 6.97. The molecule has 1 aromatic heterocycles. The number of sulfone groups is 1. The Morgan fingerprint density at radius 3 is 2.44 bits per heavy atom. The van der Waals surface area contributed by atoms with Crippen LogP contribution in [0.15, 0.2) is 14.5 Å². The van der Waals surface area contributed by atoms with E-state index in [1.54, 1.807) is 11.6 Å². The van der Waals surface area contributed by atoms with Crippen LogP contribution in [0.2, 0.25) is 0 Å². The average Bonchev–Trinajstić information content (AvgIpc) is 3.21. The highest BCUT2D eigenvalue weighted by Crippen LogP contribution is 2.42. The number of fused-ring (bicyclic) bond motifs is 1. The minimum absolute atomic E-state index is 0.0612. The maximum Gasteiger partial charge on any atom is 0.344 e. The van der Waals surface area contributed by atoms with Crippen molar-refractivity contribution in [1.82, 2.24) is 15.4 Å². The number of sulfonamides is 1. The van der Waals surface area contributed by atoms with Gasteiger partial charge in [0.25, 0.3) is 21.8 Å². The van der Waals surface area contributed by atoms with Gasteiger partial charge in [0, 0.05) is 18.5 Å². The number of thiophene rings is 1. The molecule has 2 atom stereocenters. The normalized spacial score (nSPS) is 18.9. The number of esters is 2. The van der Waals surface area contributed by atoms with Crippen LogP contribution in [0, 0.1) is 0 Å². The fourth-order valence-corrected chi connectivity index (χ4v) is 7.97. The van der Waals surface area contributed by atoms with Crippen molar-refractivity contribution >= 4 is 55.0 Å². The molecular formula is C18H25N3O10S3. The summed E-state index contributed by atoms with van der Waals surface area (Å²) in [4.78, 5) is 45.6. The van der Waals surface area contributed by atoms with Gasteiger partial charge in [0.05, 0.1) is 11.8 Å². The molecule has 0 bridgehead atoms. The Kier molecular flexibility index (Phi) is 9.15. The van der Waals surface area contributed by atoms with E-state index in [4.69, 9.17) is 0 Å². The number of carbonyl (C=O) groups excluding carboxylic acids is 4. The van der Waals surface area contributed by atoms with Crippen molar-refractivity contribution in [2.75, 3.05) is 26.3 Å². The molecular weight excluding hydrogens is 514 g/mol. The Bertz CT molecular complexity index is 1170. The largest absolute Gasteiger partial charge is 0.454 e. The van der Waals surface area contributed by atoms with E-state index in [2.05, 4.69) is 20.1 Å². The molecule has 34 heavy (non-hydrogen) atoms. The summed E-state index contributed by atoms with van der Waals surface area (Å²) >= 11 is 0.556. The second-order valence-corrected chi connectivity index (χ2v) is 12.8. The molecule has 13 nitrogen and oxygen atoms in total. The summed E-state index contributed by atoms with van der Waals surface area (Å²) in [5.41, 5.74) is 0.335. The highest BCUT2D eigenvalue weighted by Gasteiger charge is 2.39. The molecule has 1 aliphatic rings. The van der Waals surface area contributed by atoms with Crippen LogP contribution in [-0.4, -0.2) is 72.1 Å². The number of rotatable bonds is 10. The predicted molar refractivity (Wildman–Crippen MR) is 118 cm³/mol. The maximum atomic E-state index is 12.7. The van der Waals surface area contributed by atoms with Gasteiger partial charge < -0.3 is 20.1 Å². The monoisotopic (exact) mass is 539 g/mol. The molecule has 1 aromatic rings. The second kappa shape index (κ2) is 11.2. The minimum Gasteiger partial charge on any atom is -0.454 e. The standard InChI is InChI=1S/C18H25N3O10S3/c1-4-19-13-5-10(2)33(26,27)18-12(13)6-17(32-18)34(28,29)21-14(23)7-20-15(24)8-31-16(25)9-30-11(3)22/h6,10,13,19H,4-5,7-9H2,1-3H3,(H,20,24)(H,21,23)/t10-,13-/m0/s1. The average molecular weight is 540 g/mol. The molecule has 2 heterocycles. The van der Waals surface area contributed by atoms with E-state index in [0.717, 1.165) is 6.92 Å². The van der Waals surface area contributed by atoms with Crippen molar-refractivity contribution in [2.45, 2.75) is 46.9 Å². The van der Waals surface area contributed by atoms with Crippen LogP contribution in [0.4, 0.5) is 0 Å². The molecule has 3 N–H and O–H groups in total. The molecule has 0 radical (unpaired) electrons. The molecule has 0 unspecified atom stereocenters. The van der Waals surface area contributed by atoms with E-state index >= 15 is 0 Å². The zero-order valence-corrected chi connectivity index (χ0v) is 21.0. The van der Waals surface area contributed by atoms with Gasteiger partial charge in [-0.2, -0.15) is 0 Å². The van der Waals surface area contributed by atoms with Crippen molar-refractivity contribution in [1.29, 1.82) is 0 Å². The van der Waals surface area contributed by atoms with Crippen LogP contribution < -0.4 is 15.4 Å². The Morgan fingerprint density at radius 2 is 1.82 bits per heavy atom. The van der Waals surface area contributed by atoms with Gasteiger partial charge in [0.2, 0.25) is 0 Å². The lowest BCUT2D eigenvalue weighted by atomic mass is 10.1. The summed E-state index contributed by atoms with van der Waals surface area (Å²) in [6.07, 6.45) is 0.281. The van der Waals surface area contributed by atoms with Gasteiger partial charge in [-0.15, -0.1) is 11.3 Å². The van der Waals surface area contributed by atoms with E-state index in [1.807, 2.05) is 6.92 Å². The number of ether oxygens (including phenoxy) is 2. The lowest BCUT2D eigenvalue weighted by Gasteiger charge is -2.27. The molecule has 0 fully saturated rings. The number of hydrogen-bond donors (Lipinski definition) is 3. The van der Waals surface area contributed by atoms with E-state index in [9.17, 15) is 36.0 Å². The van der Waals surface area contributed by atoms with Crippen molar-refractivity contribution in [3.63, 3.8) is 0 Å². The lowest BCUT2D eigenvalue weighted by molar-refractivity contribution is -0.159. The van der Waals surface area contributed by atoms with Crippen molar-refractivity contribution < 1.29 is 45.5 Å². The topological polar surface area (TPSA) is 191 Å². The third-order valence-electron chi connectivity index (χ3n) is 4.60. The van der Waals surface area contributed by atoms with Crippen LogP contribution in [0.3, 0.4) is 0 Å². The SMILES string of the molecule is CCN[C@H]1C[C@H](C)S(=O)(=O)c2sc(S(=O)(=O)NC(=O)CNC(=O)COC(=O)COC(C)=O)cc21. The Hall–Kier alpha value is -2.56. The van der Waals surface area contributed by atoms with Crippen LogP contribution >= 0.6 is 11.3 Å². The maximum absolute atomic E-state index is 12.7. The van der Waals surface area contributed by atoms with Crippen molar-refractivity contribution in [3.05, 3.63) is 11.6 Å². The summed E-state index contributed by atoms with van der Waals surface area (Å²) in [7, 11) is -8.12. The van der Waals surface area contributed by atoms with E-state index in [1.165, 1.54) is 6.07 Å². The zero-order chi connectivity index (χ0) is 25.7. The molecule has 0 saturated heterocycles. The number of nitrogens with one attached hydrogen (secondary N) is 3. The van der Waals surface area contributed by atoms with Gasteiger partial charge in [0.15, 0.2) is 23.1 Å². The fraction of sp³-hybridized carbons (Fsp3) is 0.556. The van der Waals surface area contributed by atoms with Gasteiger partial charge in [0.1, 0.15) is 8.42 Å². The van der Waals surface area contributed by atoms with Gasteiger partial charge in [-0.05, 0) is 26.0 Å². The highest BCUT2D eigenvalue weighted by molar-refractivity contribution is 7.95. The summed E-state index contributed by atoms with van der Waals surface area (Å²) in [6, 6.07) is 0.880. The van der Waals surface area contributed by atoms with Crippen LogP contribution in [0.1, 0.15) is 38.8 Å². The van der Waals surface area contributed by atoms with Crippen molar-refractivity contribution in [2.24, 2.45) is 0 Å². The van der Waals surface area contributed by atoms with Crippen LogP contribution in [0.25, 0.3) is 0 Å². The van der Waals surface area contributed by atoms with Gasteiger partial charge in [-0.25, -0.2) is 26.4 Å². The van der Waals surface area contributed by atoms with E-state index in [-0.39, 0.29) is 20.9 Å². The molecule has 190 valence electrons. The van der Waals surface area contributed by atoms with E-state index < -0.39 is 68.6 Å².